The quantitative estimate of drug-likeness (QED) is 0.649. The van der Waals surface area contributed by atoms with E-state index in [9.17, 15) is 9.90 Å². The van der Waals surface area contributed by atoms with Crippen LogP contribution in [0.5, 0.6) is 0 Å². The molecule has 164 valence electrons. The Morgan fingerprint density at radius 3 is 2.16 bits per heavy atom. The Labute approximate surface area is 187 Å². The van der Waals surface area contributed by atoms with Gasteiger partial charge < -0.3 is 10.0 Å². The average molecular weight is 418 g/mol. The Morgan fingerprint density at radius 2 is 1.61 bits per heavy atom. The van der Waals surface area contributed by atoms with Crippen LogP contribution >= 0.6 is 0 Å². The SMILES string of the molecule is CCN1CCC(O)(/C=C/c2ccc(C)cc2C)C(C(=O)/C=C/c2ccc(C)cc2C)C1. The van der Waals surface area contributed by atoms with E-state index in [-0.39, 0.29) is 5.78 Å². The summed E-state index contributed by atoms with van der Waals surface area (Å²) in [5.41, 5.74) is 5.71. The topological polar surface area (TPSA) is 40.5 Å². The first kappa shape index (κ1) is 23.2. The van der Waals surface area contributed by atoms with E-state index < -0.39 is 11.5 Å². The van der Waals surface area contributed by atoms with Crippen LogP contribution in [0.3, 0.4) is 0 Å². The van der Waals surface area contributed by atoms with Gasteiger partial charge in [-0.3, -0.25) is 4.79 Å². The van der Waals surface area contributed by atoms with E-state index in [1.165, 1.54) is 16.7 Å². The van der Waals surface area contributed by atoms with Crippen molar-refractivity contribution in [2.45, 2.75) is 46.6 Å². The van der Waals surface area contributed by atoms with Gasteiger partial charge in [0.2, 0.25) is 0 Å². The molecule has 1 aliphatic rings. The number of benzene rings is 2. The van der Waals surface area contributed by atoms with Crippen molar-refractivity contribution in [3.8, 4) is 0 Å². The van der Waals surface area contributed by atoms with Crippen LogP contribution < -0.4 is 0 Å². The summed E-state index contributed by atoms with van der Waals surface area (Å²) in [5.74, 6) is -0.504. The van der Waals surface area contributed by atoms with Gasteiger partial charge in [0.15, 0.2) is 5.78 Å². The fourth-order valence-electron chi connectivity index (χ4n) is 4.39. The molecule has 0 bridgehead atoms. The van der Waals surface area contributed by atoms with Crippen molar-refractivity contribution in [2.75, 3.05) is 19.6 Å². The zero-order valence-electron chi connectivity index (χ0n) is 19.5. The molecule has 31 heavy (non-hydrogen) atoms. The highest BCUT2D eigenvalue weighted by molar-refractivity contribution is 5.97. The molecule has 3 heteroatoms. The lowest BCUT2D eigenvalue weighted by atomic mass is 9.77. The van der Waals surface area contributed by atoms with Crippen molar-refractivity contribution >= 4 is 17.9 Å². The molecule has 2 aromatic rings. The minimum absolute atomic E-state index is 0.0223. The van der Waals surface area contributed by atoms with E-state index in [0.29, 0.717) is 13.0 Å². The summed E-state index contributed by atoms with van der Waals surface area (Å²) >= 11 is 0. The van der Waals surface area contributed by atoms with Gasteiger partial charge in [-0.2, -0.15) is 0 Å². The Bertz CT molecular complexity index is 1000. The Hall–Kier alpha value is -2.49. The maximum absolute atomic E-state index is 13.2. The molecule has 1 heterocycles. The van der Waals surface area contributed by atoms with Gasteiger partial charge in [0.25, 0.3) is 0 Å². The number of carbonyl (C=O) groups is 1. The zero-order chi connectivity index (χ0) is 22.6. The lowest BCUT2D eigenvalue weighted by Gasteiger charge is -2.41. The van der Waals surface area contributed by atoms with Gasteiger partial charge in [-0.15, -0.1) is 0 Å². The third-order valence-electron chi connectivity index (χ3n) is 6.49. The molecule has 1 aliphatic heterocycles. The van der Waals surface area contributed by atoms with Crippen molar-refractivity contribution in [3.63, 3.8) is 0 Å². The summed E-state index contributed by atoms with van der Waals surface area (Å²) in [7, 11) is 0. The van der Waals surface area contributed by atoms with Crippen LogP contribution in [0.2, 0.25) is 0 Å². The summed E-state index contributed by atoms with van der Waals surface area (Å²) in [5, 5.41) is 11.5. The highest BCUT2D eigenvalue weighted by atomic mass is 16.3. The van der Waals surface area contributed by atoms with Crippen molar-refractivity contribution in [1.82, 2.24) is 4.90 Å². The van der Waals surface area contributed by atoms with Gasteiger partial charge >= 0.3 is 0 Å². The van der Waals surface area contributed by atoms with E-state index in [1.807, 2.05) is 24.3 Å². The molecule has 0 saturated carbocycles. The van der Waals surface area contributed by atoms with E-state index in [1.54, 1.807) is 6.08 Å². The highest BCUT2D eigenvalue weighted by Gasteiger charge is 2.42. The van der Waals surface area contributed by atoms with Crippen LogP contribution in [-0.4, -0.2) is 41.0 Å². The van der Waals surface area contributed by atoms with E-state index in [0.717, 1.165) is 29.8 Å². The molecular weight excluding hydrogens is 382 g/mol. The lowest BCUT2D eigenvalue weighted by molar-refractivity contribution is -0.129. The molecule has 2 unspecified atom stereocenters. The molecule has 1 saturated heterocycles. The molecule has 2 atom stereocenters. The van der Waals surface area contributed by atoms with E-state index in [4.69, 9.17) is 0 Å². The number of ketones is 1. The summed E-state index contributed by atoms with van der Waals surface area (Å²) in [6.45, 7) is 12.6. The van der Waals surface area contributed by atoms with Crippen LogP contribution in [0.25, 0.3) is 12.2 Å². The number of hydrogen-bond acceptors (Lipinski definition) is 3. The van der Waals surface area contributed by atoms with Crippen molar-refractivity contribution in [2.24, 2.45) is 5.92 Å². The first-order valence-corrected chi connectivity index (χ1v) is 11.2. The molecular formula is C28H35NO2. The van der Waals surface area contributed by atoms with Crippen LogP contribution in [0.4, 0.5) is 0 Å². The standard InChI is InChI=1S/C28H35NO2/c1-6-29-16-15-28(31,14-13-25-10-8-21(3)18-23(25)5)26(19-29)27(30)12-11-24-9-7-20(2)17-22(24)4/h7-14,17-18,26,31H,6,15-16,19H2,1-5H3/b12-11+,14-13+. The molecule has 0 radical (unpaired) electrons. The molecule has 2 aromatic carbocycles. The second-order valence-corrected chi connectivity index (χ2v) is 8.98. The van der Waals surface area contributed by atoms with Crippen LogP contribution in [0.15, 0.2) is 48.6 Å². The number of hydrogen-bond donors (Lipinski definition) is 1. The number of piperidine rings is 1. The van der Waals surface area contributed by atoms with Gasteiger partial charge in [0, 0.05) is 13.1 Å². The normalized spacial score (nSPS) is 22.5. The number of allylic oxidation sites excluding steroid dienone is 1. The number of rotatable bonds is 6. The predicted molar refractivity (Wildman–Crippen MR) is 130 cm³/mol. The van der Waals surface area contributed by atoms with Gasteiger partial charge in [-0.25, -0.2) is 0 Å². The van der Waals surface area contributed by atoms with Crippen LogP contribution in [0.1, 0.15) is 46.7 Å². The predicted octanol–water partition coefficient (Wildman–Crippen LogP) is 5.29. The van der Waals surface area contributed by atoms with E-state index >= 15 is 0 Å². The first-order chi connectivity index (χ1) is 14.7. The van der Waals surface area contributed by atoms with Crippen LogP contribution in [0, 0.1) is 33.6 Å². The smallest absolute Gasteiger partial charge is 0.163 e. The lowest BCUT2D eigenvalue weighted by Crippen LogP contribution is -2.53. The number of nitrogens with zero attached hydrogens (tertiary/aromatic N) is 1. The maximum atomic E-state index is 13.2. The first-order valence-electron chi connectivity index (χ1n) is 11.2. The largest absolute Gasteiger partial charge is 0.385 e. The summed E-state index contributed by atoms with van der Waals surface area (Å²) in [6, 6.07) is 12.5. The third kappa shape index (κ3) is 5.61. The molecule has 0 aromatic heterocycles. The minimum atomic E-state index is -1.15. The molecule has 1 fully saturated rings. The van der Waals surface area contributed by atoms with E-state index in [2.05, 4.69) is 69.9 Å². The van der Waals surface area contributed by atoms with Crippen LogP contribution in [-0.2, 0) is 4.79 Å². The number of carbonyl (C=O) groups excluding carboxylic acids is 1. The summed E-state index contributed by atoms with van der Waals surface area (Å²) in [4.78, 5) is 15.5. The fourth-order valence-corrected chi connectivity index (χ4v) is 4.39. The van der Waals surface area contributed by atoms with Crippen molar-refractivity contribution < 1.29 is 9.90 Å². The monoisotopic (exact) mass is 417 g/mol. The second-order valence-electron chi connectivity index (χ2n) is 8.98. The molecule has 0 amide bonds. The Kier molecular flexibility index (Phi) is 7.30. The summed E-state index contributed by atoms with van der Waals surface area (Å²) < 4.78 is 0. The van der Waals surface area contributed by atoms with Gasteiger partial charge in [0.05, 0.1) is 11.5 Å². The molecule has 3 nitrogen and oxygen atoms in total. The third-order valence-corrected chi connectivity index (χ3v) is 6.49. The Balaban J connectivity index is 1.86. The minimum Gasteiger partial charge on any atom is -0.385 e. The highest BCUT2D eigenvalue weighted by Crippen LogP contribution is 2.32. The second kappa shape index (κ2) is 9.76. The van der Waals surface area contributed by atoms with Gasteiger partial charge in [-0.1, -0.05) is 72.7 Å². The molecule has 1 N–H and O–H groups in total. The number of likely N-dealkylation sites (tertiary alicyclic amines) is 1. The fraction of sp³-hybridized carbons (Fsp3) is 0.393. The maximum Gasteiger partial charge on any atom is 0.163 e. The van der Waals surface area contributed by atoms with Gasteiger partial charge in [-0.05, 0) is 69.0 Å². The molecule has 3 rings (SSSR count). The molecule has 0 spiro atoms. The summed E-state index contributed by atoms with van der Waals surface area (Å²) in [6.07, 6.45) is 7.92. The number of aliphatic hydroxyl groups is 1. The van der Waals surface area contributed by atoms with Gasteiger partial charge in [0.1, 0.15) is 0 Å². The zero-order valence-corrected chi connectivity index (χ0v) is 19.5. The Morgan fingerprint density at radius 1 is 1.03 bits per heavy atom. The number of aryl methyl sites for hydroxylation is 4. The van der Waals surface area contributed by atoms with Crippen molar-refractivity contribution in [3.05, 3.63) is 81.9 Å². The average Bonchev–Trinajstić information content (AvgIpc) is 2.72. The molecule has 0 aliphatic carbocycles. The van der Waals surface area contributed by atoms with Crippen molar-refractivity contribution in [1.29, 1.82) is 0 Å².